The zero-order valence-electron chi connectivity index (χ0n) is 64.0. The second-order valence-electron chi connectivity index (χ2n) is 31.0. The van der Waals surface area contributed by atoms with Gasteiger partial charge in [-0.15, -0.1) is 0 Å². The predicted molar refractivity (Wildman–Crippen MR) is 423 cm³/mol. The van der Waals surface area contributed by atoms with Crippen LogP contribution in [0.4, 0.5) is 0 Å². The average Bonchev–Trinajstić information content (AvgIpc) is 0.873. The number of nitrogens with one attached hydrogen (secondary N) is 9. The van der Waals surface area contributed by atoms with Crippen molar-refractivity contribution in [3.63, 3.8) is 0 Å². The molecule has 0 radical (unpaired) electrons. The van der Waals surface area contributed by atoms with E-state index >= 15 is 28.8 Å². The number of hydrogen-bond donors (Lipinski definition) is 9. The van der Waals surface area contributed by atoms with Crippen LogP contribution in [0.1, 0.15) is 188 Å². The summed E-state index contributed by atoms with van der Waals surface area (Å²) in [5.74, 6) is -1.56. The standard InChI is InChI=1S/C89H117N11O8/c1-5-74(90-3)81(102)95-79-66(60-92-58-64-32-15-7-16-33-64)49-51-72-53-55-76(99(72)85(79)106)83(104)97-88(68-36-19-10-20-37-68,69-38-21-11-22-39-69)78(101)44-27-9-14-30-62-45-47-63(48-46-62)31-28-29-57-94-87(108)89(70-40-23-12-24-41-70,71-42-25-13-26-43-71)98-84(105)77-56-54-73-52-50-67(61-93-59-65-34-17-8-18-35-65)80(86(107)100(73)77)96-82(103)75(6-2)91-4/h7-8,10-13,15-26,32-43,62-63,66-67,72-77,79-80,90-93H,5-6,9,14,27-31,44-61H2,1-4H3,(H,94,108)(H,95,102)(H,96,103)(H,97,104)(H,98,105)/t62?,63?,66-,67-,72+,73+,74+,75+,76+,77+,79+,80+/m1/s1. The number of rotatable bonds is 37. The quantitative estimate of drug-likeness (QED) is 0.0165. The van der Waals surface area contributed by atoms with E-state index in [-0.39, 0.29) is 71.6 Å². The number of unbranched alkanes of at least 4 members (excludes halogenated alkanes) is 3. The van der Waals surface area contributed by atoms with Crippen molar-refractivity contribution in [1.82, 2.24) is 57.7 Å². The average molecular weight is 1470 g/mol. The van der Waals surface area contributed by atoms with E-state index in [1.807, 2.05) is 172 Å². The van der Waals surface area contributed by atoms with Gasteiger partial charge in [0, 0.05) is 63.1 Å². The number of carbonyl (C=O) groups is 8. The first-order valence-corrected chi connectivity index (χ1v) is 40.5. The number of carbonyl (C=O) groups excluding carboxylic acids is 8. The van der Waals surface area contributed by atoms with E-state index in [0.29, 0.717) is 137 Å². The van der Waals surface area contributed by atoms with Gasteiger partial charge in [-0.3, -0.25) is 38.4 Å². The molecule has 0 spiro atoms. The molecule has 10 atom stereocenters. The fraction of sp³-hybridized carbons (Fsp3) is 0.506. The molecule has 9 N–H and O–H groups in total. The monoisotopic (exact) mass is 1470 g/mol. The summed E-state index contributed by atoms with van der Waals surface area (Å²) in [7, 11) is 3.49. The van der Waals surface area contributed by atoms with Crippen LogP contribution in [0.2, 0.25) is 0 Å². The summed E-state index contributed by atoms with van der Waals surface area (Å²) >= 11 is 0. The smallest absolute Gasteiger partial charge is 0.255 e. The maximum absolute atomic E-state index is 15.4. The van der Waals surface area contributed by atoms with E-state index in [1.54, 1.807) is 23.9 Å². The van der Waals surface area contributed by atoms with Crippen molar-refractivity contribution in [3.8, 4) is 0 Å². The summed E-state index contributed by atoms with van der Waals surface area (Å²) in [6.07, 6.45) is 17.1. The lowest BCUT2D eigenvalue weighted by Crippen LogP contribution is -2.62. The van der Waals surface area contributed by atoms with Crippen LogP contribution < -0.4 is 47.9 Å². The summed E-state index contributed by atoms with van der Waals surface area (Å²) in [4.78, 5) is 123. The van der Waals surface area contributed by atoms with Crippen LogP contribution in [0.25, 0.3) is 0 Å². The molecule has 1 saturated carbocycles. The molecule has 108 heavy (non-hydrogen) atoms. The molecule has 19 nitrogen and oxygen atoms in total. The van der Waals surface area contributed by atoms with Gasteiger partial charge in [-0.2, -0.15) is 0 Å². The first-order valence-electron chi connectivity index (χ1n) is 40.5. The van der Waals surface area contributed by atoms with E-state index < -0.39 is 53.2 Å². The molecule has 0 bridgehead atoms. The van der Waals surface area contributed by atoms with Gasteiger partial charge < -0.3 is 57.7 Å². The molecular formula is C89H117N11O8. The molecule has 4 saturated heterocycles. The highest BCUT2D eigenvalue weighted by Gasteiger charge is 2.53. The van der Waals surface area contributed by atoms with Crippen molar-refractivity contribution < 1.29 is 38.4 Å². The normalized spacial score (nSPS) is 22.9. The Labute approximate surface area is 640 Å². The molecular weight excluding hydrogens is 1350 g/mol. The summed E-state index contributed by atoms with van der Waals surface area (Å²) < 4.78 is 0. The van der Waals surface area contributed by atoms with Crippen molar-refractivity contribution in [3.05, 3.63) is 215 Å². The number of ketones is 1. The van der Waals surface area contributed by atoms with Crippen molar-refractivity contribution >= 4 is 47.1 Å². The van der Waals surface area contributed by atoms with Gasteiger partial charge in [0.15, 0.2) is 11.3 Å². The topological polar surface area (TPSA) is 251 Å². The Morgan fingerprint density at radius 2 is 0.787 bits per heavy atom. The Morgan fingerprint density at radius 1 is 0.426 bits per heavy atom. The van der Waals surface area contributed by atoms with Crippen LogP contribution in [0.3, 0.4) is 0 Å². The number of benzene rings is 6. The molecule has 0 aromatic heterocycles. The third-order valence-corrected chi connectivity index (χ3v) is 24.2. The minimum atomic E-state index is -1.63. The third-order valence-electron chi connectivity index (χ3n) is 24.2. The van der Waals surface area contributed by atoms with Gasteiger partial charge in [0.1, 0.15) is 29.7 Å². The summed E-state index contributed by atoms with van der Waals surface area (Å²) in [5.41, 5.74) is 1.60. The molecule has 0 unspecified atom stereocenters. The molecule has 5 aliphatic rings. The van der Waals surface area contributed by atoms with Crippen LogP contribution in [0.5, 0.6) is 0 Å². The largest absolute Gasteiger partial charge is 0.353 e. The minimum Gasteiger partial charge on any atom is -0.353 e. The molecule has 7 amide bonds. The van der Waals surface area contributed by atoms with E-state index in [4.69, 9.17) is 0 Å². The molecule has 4 aliphatic heterocycles. The third kappa shape index (κ3) is 19.4. The molecule has 6 aromatic carbocycles. The van der Waals surface area contributed by atoms with Crippen LogP contribution in [0, 0.1) is 23.7 Å². The van der Waals surface area contributed by atoms with Crippen molar-refractivity contribution in [1.29, 1.82) is 0 Å². The lowest BCUT2D eigenvalue weighted by Gasteiger charge is -2.38. The van der Waals surface area contributed by atoms with E-state index in [2.05, 4.69) is 72.1 Å². The van der Waals surface area contributed by atoms with Crippen LogP contribution in [-0.4, -0.2) is 139 Å². The predicted octanol–water partition coefficient (Wildman–Crippen LogP) is 10.8. The number of amides is 7. The van der Waals surface area contributed by atoms with Crippen LogP contribution in [0.15, 0.2) is 182 Å². The second-order valence-corrected chi connectivity index (χ2v) is 31.0. The van der Waals surface area contributed by atoms with E-state index in [0.717, 1.165) is 75.3 Å². The number of Topliss-reactive ketones (excluding diaryl/α,β-unsaturated/α-hetero) is 1. The number of hydrogen-bond acceptors (Lipinski definition) is 12. The Balaban J connectivity index is 0.681. The fourth-order valence-corrected chi connectivity index (χ4v) is 18.1. The van der Waals surface area contributed by atoms with Gasteiger partial charge in [-0.1, -0.05) is 254 Å². The first-order chi connectivity index (χ1) is 52.7. The van der Waals surface area contributed by atoms with Crippen LogP contribution in [-0.2, 0) is 62.5 Å². The zero-order chi connectivity index (χ0) is 75.8. The number of fused-ring (bicyclic) bond motifs is 2. The maximum atomic E-state index is 15.4. The highest BCUT2D eigenvalue weighted by atomic mass is 16.2. The van der Waals surface area contributed by atoms with Gasteiger partial charge in [0.05, 0.1) is 12.1 Å². The molecule has 6 aromatic rings. The molecule has 4 heterocycles. The number of likely N-dealkylation sites (N-methyl/N-ethyl adjacent to an activating group) is 2. The molecule has 1 aliphatic carbocycles. The second kappa shape index (κ2) is 39.5. The fourth-order valence-electron chi connectivity index (χ4n) is 18.1. The Kier molecular flexibility index (Phi) is 29.3. The lowest BCUT2D eigenvalue weighted by atomic mass is 9.76. The first kappa shape index (κ1) is 80.1. The van der Waals surface area contributed by atoms with Crippen molar-refractivity contribution in [2.45, 2.75) is 228 Å². The molecule has 19 heteroatoms. The van der Waals surface area contributed by atoms with E-state index in [1.165, 1.54) is 0 Å². The number of nitrogens with zero attached hydrogens (tertiary/aromatic N) is 2. The molecule has 576 valence electrons. The Morgan fingerprint density at radius 3 is 1.18 bits per heavy atom. The Bertz CT molecular complexity index is 3530. The van der Waals surface area contributed by atoms with Gasteiger partial charge in [0.2, 0.25) is 35.4 Å². The summed E-state index contributed by atoms with van der Waals surface area (Å²) in [6.45, 7) is 6.49. The Hall–Kier alpha value is -8.88. The van der Waals surface area contributed by atoms with Gasteiger partial charge in [0.25, 0.3) is 5.91 Å². The highest BCUT2D eigenvalue weighted by molar-refractivity contribution is 6.01. The minimum absolute atomic E-state index is 0.105. The molecule has 5 fully saturated rings. The maximum Gasteiger partial charge on any atom is 0.255 e. The van der Waals surface area contributed by atoms with Gasteiger partial charge >= 0.3 is 0 Å². The van der Waals surface area contributed by atoms with Gasteiger partial charge in [-0.05, 0) is 136 Å². The zero-order valence-corrected chi connectivity index (χ0v) is 64.0. The SMILES string of the molecule is CC[C@H](NC)C(=O)N[C@@H]1C(=O)N2[C@@H](CC[C@@H]1CNCc1ccccc1)CC[C@H]2C(=O)NC(C(=O)CCCCCC1CCC(CCCCNC(=O)C(NC(=O)[C@@H]2CC[C@@H]3CC[C@H](CNCc4ccccc4)[C@H](NC(=O)[C@H](CC)NC)C(=O)N32)(c2ccccc2)c2ccccc2)CC1)(c1ccccc1)c1ccccc1. The molecule has 11 rings (SSSR count). The van der Waals surface area contributed by atoms with Crippen LogP contribution >= 0.6 is 0 Å². The lowest BCUT2D eigenvalue weighted by molar-refractivity contribution is -0.145. The van der Waals surface area contributed by atoms with Gasteiger partial charge in [-0.25, -0.2) is 0 Å². The van der Waals surface area contributed by atoms with Crippen molar-refractivity contribution in [2.24, 2.45) is 23.7 Å². The van der Waals surface area contributed by atoms with Crippen molar-refractivity contribution in [2.75, 3.05) is 33.7 Å². The van der Waals surface area contributed by atoms with E-state index in [9.17, 15) is 9.59 Å². The summed E-state index contributed by atoms with van der Waals surface area (Å²) in [5, 5.41) is 29.6. The summed E-state index contributed by atoms with van der Waals surface area (Å²) in [6, 6.07) is 53.2. The highest BCUT2D eigenvalue weighted by Crippen LogP contribution is 2.41.